The number of halogens is 2. The number of benzene rings is 1. The molecule has 2 N–H and O–H groups in total. The average Bonchev–Trinajstić information content (AvgIpc) is 2.39. The molecule has 20 heavy (non-hydrogen) atoms. The quantitative estimate of drug-likeness (QED) is 0.832. The van der Waals surface area contributed by atoms with E-state index in [4.69, 9.17) is 5.11 Å². The van der Waals surface area contributed by atoms with Crippen molar-refractivity contribution in [3.63, 3.8) is 0 Å². The molecule has 0 fully saturated rings. The van der Waals surface area contributed by atoms with Gasteiger partial charge in [-0.05, 0) is 29.7 Å². The number of amides is 1. The van der Waals surface area contributed by atoms with E-state index in [2.05, 4.69) is 21.2 Å². The first kappa shape index (κ1) is 16.6. The fourth-order valence-corrected chi connectivity index (χ4v) is 2.15. The highest BCUT2D eigenvalue weighted by Gasteiger charge is 2.25. The van der Waals surface area contributed by atoms with Crippen LogP contribution in [0.5, 0.6) is 0 Å². The van der Waals surface area contributed by atoms with Crippen LogP contribution in [0.4, 0.5) is 4.39 Å². The van der Waals surface area contributed by atoms with Crippen LogP contribution in [-0.2, 0) is 16.0 Å². The van der Waals surface area contributed by atoms with Gasteiger partial charge in [0.15, 0.2) is 0 Å². The minimum absolute atomic E-state index is 0.0709. The Kier molecular flexibility index (Phi) is 6.13. The standard InChI is InChI=1S/C14H17BrFNO3/c1-3-8(2)13(14(19)20)17-12(18)7-9-6-10(16)4-5-11(9)15/h4-6,8,13H,3,7H2,1-2H3,(H,17,18)(H,19,20). The summed E-state index contributed by atoms with van der Waals surface area (Å²) in [7, 11) is 0. The first-order chi connectivity index (χ1) is 9.35. The predicted molar refractivity (Wildman–Crippen MR) is 76.8 cm³/mol. The van der Waals surface area contributed by atoms with Crippen LogP contribution in [0.1, 0.15) is 25.8 Å². The highest BCUT2D eigenvalue weighted by atomic mass is 79.9. The third-order valence-electron chi connectivity index (χ3n) is 3.15. The molecule has 2 atom stereocenters. The molecular weight excluding hydrogens is 329 g/mol. The molecule has 1 aromatic carbocycles. The van der Waals surface area contributed by atoms with Crippen molar-refractivity contribution < 1.29 is 19.1 Å². The first-order valence-corrected chi connectivity index (χ1v) is 7.10. The van der Waals surface area contributed by atoms with Gasteiger partial charge in [-0.25, -0.2) is 9.18 Å². The minimum atomic E-state index is -1.06. The first-order valence-electron chi connectivity index (χ1n) is 6.31. The van der Waals surface area contributed by atoms with Gasteiger partial charge in [0.2, 0.25) is 5.91 Å². The normalized spacial score (nSPS) is 13.6. The topological polar surface area (TPSA) is 66.4 Å². The predicted octanol–water partition coefficient (Wildman–Crippen LogP) is 2.75. The lowest BCUT2D eigenvalue weighted by atomic mass is 9.99. The van der Waals surface area contributed by atoms with Crippen molar-refractivity contribution in [2.75, 3.05) is 0 Å². The highest BCUT2D eigenvalue weighted by molar-refractivity contribution is 9.10. The number of hydrogen-bond donors (Lipinski definition) is 2. The summed E-state index contributed by atoms with van der Waals surface area (Å²) in [5.74, 6) is -2.12. The van der Waals surface area contributed by atoms with Crippen molar-refractivity contribution in [3.8, 4) is 0 Å². The molecule has 1 rings (SSSR count). The Morgan fingerprint density at radius 2 is 2.10 bits per heavy atom. The fourth-order valence-electron chi connectivity index (χ4n) is 1.76. The Morgan fingerprint density at radius 1 is 1.45 bits per heavy atom. The molecule has 1 amide bonds. The summed E-state index contributed by atoms with van der Waals surface area (Å²) in [5.41, 5.74) is 0.482. The van der Waals surface area contributed by atoms with Crippen molar-refractivity contribution in [2.45, 2.75) is 32.7 Å². The van der Waals surface area contributed by atoms with E-state index < -0.39 is 23.7 Å². The molecule has 0 bridgehead atoms. The number of carboxylic acids is 1. The van der Waals surface area contributed by atoms with Crippen molar-refractivity contribution >= 4 is 27.8 Å². The zero-order valence-corrected chi connectivity index (χ0v) is 12.9. The van der Waals surface area contributed by atoms with Crippen molar-refractivity contribution in [2.24, 2.45) is 5.92 Å². The van der Waals surface area contributed by atoms with Gasteiger partial charge in [-0.1, -0.05) is 36.2 Å². The van der Waals surface area contributed by atoms with Crippen LogP contribution in [0.2, 0.25) is 0 Å². The van der Waals surface area contributed by atoms with Gasteiger partial charge in [-0.15, -0.1) is 0 Å². The highest BCUT2D eigenvalue weighted by Crippen LogP contribution is 2.18. The molecule has 0 radical (unpaired) electrons. The molecule has 0 aromatic heterocycles. The second-order valence-electron chi connectivity index (χ2n) is 4.68. The second-order valence-corrected chi connectivity index (χ2v) is 5.54. The van der Waals surface area contributed by atoms with Crippen LogP contribution in [0, 0.1) is 11.7 Å². The van der Waals surface area contributed by atoms with Crippen molar-refractivity contribution in [1.82, 2.24) is 5.32 Å². The lowest BCUT2D eigenvalue weighted by Gasteiger charge is -2.20. The number of carbonyl (C=O) groups excluding carboxylic acids is 1. The van der Waals surface area contributed by atoms with Gasteiger partial charge < -0.3 is 10.4 Å². The van der Waals surface area contributed by atoms with Crippen molar-refractivity contribution in [3.05, 3.63) is 34.1 Å². The maximum atomic E-state index is 13.1. The zero-order valence-electron chi connectivity index (χ0n) is 11.3. The van der Waals surface area contributed by atoms with Crippen LogP contribution in [0.25, 0.3) is 0 Å². The number of rotatable bonds is 6. The Morgan fingerprint density at radius 3 is 2.65 bits per heavy atom. The van der Waals surface area contributed by atoms with E-state index in [0.717, 1.165) is 0 Å². The van der Waals surface area contributed by atoms with E-state index in [1.165, 1.54) is 18.2 Å². The lowest BCUT2D eigenvalue weighted by molar-refractivity contribution is -0.143. The molecule has 0 aliphatic heterocycles. The maximum Gasteiger partial charge on any atom is 0.326 e. The number of carbonyl (C=O) groups is 2. The number of nitrogens with one attached hydrogen (secondary N) is 1. The summed E-state index contributed by atoms with van der Waals surface area (Å²) in [5, 5.41) is 11.6. The molecule has 0 spiro atoms. The average molecular weight is 346 g/mol. The maximum absolute atomic E-state index is 13.1. The van der Waals surface area contributed by atoms with Crippen LogP contribution in [0.15, 0.2) is 22.7 Å². The van der Waals surface area contributed by atoms with Crippen LogP contribution in [-0.4, -0.2) is 23.0 Å². The Bertz CT molecular complexity index is 507. The third-order valence-corrected chi connectivity index (χ3v) is 3.93. The Labute approximate surface area is 125 Å². The van der Waals surface area contributed by atoms with Gasteiger partial charge in [0, 0.05) is 4.47 Å². The van der Waals surface area contributed by atoms with Crippen LogP contribution < -0.4 is 5.32 Å². The van der Waals surface area contributed by atoms with Crippen molar-refractivity contribution in [1.29, 1.82) is 0 Å². The van der Waals surface area contributed by atoms with E-state index in [9.17, 15) is 14.0 Å². The largest absolute Gasteiger partial charge is 0.480 e. The molecule has 4 nitrogen and oxygen atoms in total. The summed E-state index contributed by atoms with van der Waals surface area (Å²) in [4.78, 5) is 23.0. The van der Waals surface area contributed by atoms with Gasteiger partial charge in [-0.3, -0.25) is 4.79 Å². The smallest absolute Gasteiger partial charge is 0.326 e. The van der Waals surface area contributed by atoms with E-state index in [0.29, 0.717) is 16.5 Å². The van der Waals surface area contributed by atoms with Crippen LogP contribution >= 0.6 is 15.9 Å². The molecule has 0 saturated carbocycles. The zero-order chi connectivity index (χ0) is 15.3. The molecule has 6 heteroatoms. The number of hydrogen-bond acceptors (Lipinski definition) is 2. The monoisotopic (exact) mass is 345 g/mol. The second kappa shape index (κ2) is 7.38. The molecule has 0 aliphatic carbocycles. The summed E-state index contributed by atoms with van der Waals surface area (Å²) < 4.78 is 13.7. The van der Waals surface area contributed by atoms with E-state index in [1.807, 2.05) is 6.92 Å². The van der Waals surface area contributed by atoms with E-state index in [1.54, 1.807) is 6.92 Å². The SMILES string of the molecule is CCC(C)C(NC(=O)Cc1cc(F)ccc1Br)C(=O)O. The van der Waals surface area contributed by atoms with E-state index >= 15 is 0 Å². The third kappa shape index (κ3) is 4.59. The summed E-state index contributed by atoms with van der Waals surface area (Å²) >= 11 is 3.23. The Balaban J connectivity index is 2.75. The van der Waals surface area contributed by atoms with Gasteiger partial charge in [0.05, 0.1) is 6.42 Å². The summed E-state index contributed by atoms with van der Waals surface area (Å²) in [6.45, 7) is 3.62. The Hall–Kier alpha value is -1.43. The fraction of sp³-hybridized carbons (Fsp3) is 0.429. The number of carboxylic acid groups (broad SMARTS) is 1. The molecule has 1 aromatic rings. The molecule has 0 aliphatic rings. The van der Waals surface area contributed by atoms with E-state index in [-0.39, 0.29) is 12.3 Å². The molecule has 0 saturated heterocycles. The summed E-state index contributed by atoms with van der Waals surface area (Å²) in [6, 6.07) is 3.12. The van der Waals surface area contributed by atoms with Gasteiger partial charge in [0.25, 0.3) is 0 Å². The number of aliphatic carboxylic acids is 1. The van der Waals surface area contributed by atoms with Crippen LogP contribution in [0.3, 0.4) is 0 Å². The molecule has 0 heterocycles. The molecular formula is C14H17BrFNO3. The minimum Gasteiger partial charge on any atom is -0.480 e. The molecule has 110 valence electrons. The molecule has 2 unspecified atom stereocenters. The van der Waals surface area contributed by atoms with Gasteiger partial charge in [-0.2, -0.15) is 0 Å². The van der Waals surface area contributed by atoms with Gasteiger partial charge >= 0.3 is 5.97 Å². The van der Waals surface area contributed by atoms with Gasteiger partial charge in [0.1, 0.15) is 11.9 Å². The lowest BCUT2D eigenvalue weighted by Crippen LogP contribution is -2.45. The summed E-state index contributed by atoms with van der Waals surface area (Å²) in [6.07, 6.45) is 0.569.